The number of rotatable bonds is 6. The van der Waals surface area contributed by atoms with Crippen molar-refractivity contribution in [3.63, 3.8) is 0 Å². The molecule has 33 heavy (non-hydrogen) atoms. The highest BCUT2D eigenvalue weighted by Crippen LogP contribution is 2.40. The Morgan fingerprint density at radius 3 is 2.39 bits per heavy atom. The fourth-order valence-electron chi connectivity index (χ4n) is 5.77. The summed E-state index contributed by atoms with van der Waals surface area (Å²) in [5.41, 5.74) is -1.08. The molecule has 1 atom stereocenters. The molecule has 2 N–H and O–H groups in total. The lowest BCUT2D eigenvalue weighted by Gasteiger charge is -2.48. The first kappa shape index (κ1) is 23.6. The number of benzene rings is 1. The molecule has 1 aromatic rings. The summed E-state index contributed by atoms with van der Waals surface area (Å²) in [7, 11) is 0. The van der Waals surface area contributed by atoms with E-state index in [9.17, 15) is 14.9 Å². The van der Waals surface area contributed by atoms with Crippen LogP contribution in [0.3, 0.4) is 0 Å². The smallest absolute Gasteiger partial charge is 0.408 e. The Kier molecular flexibility index (Phi) is 7.54. The Bertz CT molecular complexity index is 848. The summed E-state index contributed by atoms with van der Waals surface area (Å²) >= 11 is 0. The summed E-state index contributed by atoms with van der Waals surface area (Å²) < 4.78 is 6.01. The van der Waals surface area contributed by atoms with E-state index in [1.807, 2.05) is 35.2 Å². The highest BCUT2D eigenvalue weighted by molar-refractivity contribution is 5.89. The van der Waals surface area contributed by atoms with Gasteiger partial charge in [0, 0.05) is 19.1 Å². The van der Waals surface area contributed by atoms with Gasteiger partial charge < -0.3 is 20.3 Å². The number of nitrogens with zero attached hydrogens (tertiary/aromatic N) is 2. The van der Waals surface area contributed by atoms with Crippen molar-refractivity contribution in [1.29, 1.82) is 5.26 Å². The van der Waals surface area contributed by atoms with Gasteiger partial charge in [0.05, 0.1) is 6.07 Å². The minimum Gasteiger partial charge on any atom is -0.433 e. The molecule has 4 rings (SSSR count). The number of amides is 2. The molecule has 0 radical (unpaired) electrons. The molecule has 0 spiro atoms. The van der Waals surface area contributed by atoms with E-state index < -0.39 is 17.2 Å². The Labute approximate surface area is 196 Å². The van der Waals surface area contributed by atoms with E-state index in [0.717, 1.165) is 57.1 Å². The first-order chi connectivity index (χ1) is 16.1. The first-order valence-corrected chi connectivity index (χ1v) is 12.6. The van der Waals surface area contributed by atoms with Crippen molar-refractivity contribution in [2.45, 2.75) is 94.4 Å². The molecule has 0 aromatic heterocycles. The van der Waals surface area contributed by atoms with Crippen molar-refractivity contribution in [1.82, 2.24) is 15.5 Å². The molecule has 2 aliphatic carbocycles. The van der Waals surface area contributed by atoms with Gasteiger partial charge in [0.1, 0.15) is 5.54 Å². The van der Waals surface area contributed by atoms with Gasteiger partial charge in [0.2, 0.25) is 0 Å². The Balaban J connectivity index is 1.57. The number of ether oxygens (including phenoxy) is 1. The van der Waals surface area contributed by atoms with E-state index in [0.29, 0.717) is 32.4 Å². The molecule has 1 aliphatic heterocycles. The van der Waals surface area contributed by atoms with Crippen molar-refractivity contribution >= 4 is 12.0 Å². The summed E-state index contributed by atoms with van der Waals surface area (Å²) in [6.45, 7) is 1.54. The van der Waals surface area contributed by atoms with Crippen LogP contribution in [-0.2, 0) is 16.1 Å². The van der Waals surface area contributed by atoms with Gasteiger partial charge >= 0.3 is 6.09 Å². The molecule has 7 nitrogen and oxygen atoms in total. The Morgan fingerprint density at radius 1 is 1.06 bits per heavy atom. The lowest BCUT2D eigenvalue weighted by Crippen LogP contribution is -2.64. The molecule has 3 fully saturated rings. The number of hydrogen-bond acceptors (Lipinski definition) is 5. The van der Waals surface area contributed by atoms with Crippen molar-refractivity contribution in [2.75, 3.05) is 13.1 Å². The van der Waals surface area contributed by atoms with Gasteiger partial charge in [-0.15, -0.1) is 0 Å². The molecule has 3 aliphatic rings. The maximum Gasteiger partial charge on any atom is 0.408 e. The first-order valence-electron chi connectivity index (χ1n) is 12.6. The number of nitriles is 1. The zero-order valence-electron chi connectivity index (χ0n) is 19.5. The standard InChI is InChI=1S/C26H36N4O3/c27-19-25(16-17-28-20-25)30(22-12-6-2-7-13-22)23(31)26(14-8-3-9-15-26)33-24(32)29-18-21-10-4-1-5-11-21/h1,4-5,10-11,22,28H,2-3,6-9,12-18,20H2,(H,29,32). The van der Waals surface area contributed by atoms with Gasteiger partial charge in [0.15, 0.2) is 5.60 Å². The van der Waals surface area contributed by atoms with Crippen LogP contribution < -0.4 is 10.6 Å². The highest BCUT2D eigenvalue weighted by Gasteiger charge is 2.54. The lowest BCUT2D eigenvalue weighted by atomic mass is 9.80. The van der Waals surface area contributed by atoms with E-state index in [-0.39, 0.29) is 11.9 Å². The average Bonchev–Trinajstić information content (AvgIpc) is 3.35. The molecule has 1 saturated heterocycles. The van der Waals surface area contributed by atoms with Crippen LogP contribution in [0.15, 0.2) is 30.3 Å². The monoisotopic (exact) mass is 452 g/mol. The van der Waals surface area contributed by atoms with Gasteiger partial charge in [-0.3, -0.25) is 4.79 Å². The minimum atomic E-state index is -1.19. The molecule has 1 unspecified atom stereocenters. The fourth-order valence-corrected chi connectivity index (χ4v) is 5.77. The summed E-state index contributed by atoms with van der Waals surface area (Å²) in [5.74, 6) is -0.158. The van der Waals surface area contributed by atoms with Gasteiger partial charge in [-0.1, -0.05) is 56.0 Å². The third kappa shape index (κ3) is 5.16. The second-order valence-corrected chi connectivity index (χ2v) is 9.82. The third-order valence-corrected chi connectivity index (χ3v) is 7.58. The SMILES string of the molecule is N#CC1(N(C(=O)C2(OC(=O)NCc3ccccc3)CCCCC2)C2CCCCC2)CCNC1. The summed E-state index contributed by atoms with van der Waals surface area (Å²) in [5, 5.41) is 16.4. The number of hydrogen-bond donors (Lipinski definition) is 2. The summed E-state index contributed by atoms with van der Waals surface area (Å²) in [6.07, 6.45) is 8.90. The fraction of sp³-hybridized carbons (Fsp3) is 0.654. The zero-order valence-corrected chi connectivity index (χ0v) is 19.5. The normalized spacial score (nSPS) is 25.1. The number of alkyl carbamates (subject to hydrolysis) is 1. The molecule has 1 heterocycles. The Hall–Kier alpha value is -2.59. The van der Waals surface area contributed by atoms with Crippen LogP contribution in [0, 0.1) is 11.3 Å². The molecule has 0 bridgehead atoms. The van der Waals surface area contributed by atoms with Crippen LogP contribution in [0.5, 0.6) is 0 Å². The molecule has 178 valence electrons. The number of carbonyl (C=O) groups is 2. The number of carbonyl (C=O) groups excluding carboxylic acids is 2. The van der Waals surface area contributed by atoms with Gasteiger partial charge in [0.25, 0.3) is 5.91 Å². The van der Waals surface area contributed by atoms with Gasteiger partial charge in [-0.25, -0.2) is 4.79 Å². The van der Waals surface area contributed by atoms with E-state index in [4.69, 9.17) is 4.74 Å². The van der Waals surface area contributed by atoms with Crippen LogP contribution in [0.4, 0.5) is 4.79 Å². The van der Waals surface area contributed by atoms with Crippen molar-refractivity contribution < 1.29 is 14.3 Å². The molecule has 2 amide bonds. The zero-order chi connectivity index (χ0) is 23.2. The predicted octanol–water partition coefficient (Wildman–Crippen LogP) is 4.03. The minimum absolute atomic E-state index is 0.0283. The number of nitrogens with one attached hydrogen (secondary N) is 2. The molecular formula is C26H36N4O3. The quantitative estimate of drug-likeness (QED) is 0.680. The summed E-state index contributed by atoms with van der Waals surface area (Å²) in [6, 6.07) is 12.2. The van der Waals surface area contributed by atoms with Crippen molar-refractivity contribution in [3.8, 4) is 6.07 Å². The predicted molar refractivity (Wildman–Crippen MR) is 125 cm³/mol. The molecule has 1 aromatic carbocycles. The highest BCUT2D eigenvalue weighted by atomic mass is 16.6. The van der Waals surface area contributed by atoms with E-state index in [1.165, 1.54) is 6.42 Å². The molecule has 2 saturated carbocycles. The van der Waals surface area contributed by atoms with Gasteiger partial charge in [-0.05, 0) is 57.1 Å². The Morgan fingerprint density at radius 2 is 1.76 bits per heavy atom. The molecular weight excluding hydrogens is 416 g/mol. The second-order valence-electron chi connectivity index (χ2n) is 9.82. The molecule has 7 heteroatoms. The van der Waals surface area contributed by atoms with E-state index in [2.05, 4.69) is 16.7 Å². The van der Waals surface area contributed by atoms with Crippen LogP contribution in [0.25, 0.3) is 0 Å². The topological polar surface area (TPSA) is 94.5 Å². The second kappa shape index (κ2) is 10.6. The third-order valence-electron chi connectivity index (χ3n) is 7.58. The summed E-state index contributed by atoms with van der Waals surface area (Å²) in [4.78, 5) is 29.1. The lowest BCUT2D eigenvalue weighted by molar-refractivity contribution is -0.163. The van der Waals surface area contributed by atoms with Crippen LogP contribution in [0.1, 0.15) is 76.2 Å². The maximum atomic E-state index is 14.3. The maximum absolute atomic E-state index is 14.3. The largest absolute Gasteiger partial charge is 0.433 e. The van der Waals surface area contributed by atoms with Gasteiger partial charge in [-0.2, -0.15) is 5.26 Å². The van der Waals surface area contributed by atoms with Crippen LogP contribution in [-0.4, -0.2) is 47.2 Å². The van der Waals surface area contributed by atoms with Crippen LogP contribution >= 0.6 is 0 Å². The van der Waals surface area contributed by atoms with Crippen molar-refractivity contribution in [2.24, 2.45) is 0 Å². The van der Waals surface area contributed by atoms with E-state index >= 15 is 0 Å². The van der Waals surface area contributed by atoms with Crippen LogP contribution in [0.2, 0.25) is 0 Å². The van der Waals surface area contributed by atoms with Crippen molar-refractivity contribution in [3.05, 3.63) is 35.9 Å². The van der Waals surface area contributed by atoms with E-state index in [1.54, 1.807) is 0 Å². The average molecular weight is 453 g/mol.